The van der Waals surface area contributed by atoms with Crippen molar-refractivity contribution in [1.82, 2.24) is 0 Å². The van der Waals surface area contributed by atoms with E-state index in [1.54, 1.807) is 12.1 Å². The van der Waals surface area contributed by atoms with Gasteiger partial charge >= 0.3 is 0 Å². The zero-order chi connectivity index (χ0) is 12.3. The Labute approximate surface area is 95.4 Å². The van der Waals surface area contributed by atoms with Gasteiger partial charge in [0.1, 0.15) is 0 Å². The smallest absolute Gasteiger partial charge is 0.248 e. The molecule has 0 unspecified atom stereocenters. The van der Waals surface area contributed by atoms with Gasteiger partial charge in [-0.15, -0.1) is 0 Å². The van der Waals surface area contributed by atoms with Gasteiger partial charge in [0.15, 0.2) is 0 Å². The second kappa shape index (κ2) is 4.66. The first-order valence-electron chi connectivity index (χ1n) is 5.00. The van der Waals surface area contributed by atoms with Crippen LogP contribution in [0.1, 0.15) is 34.0 Å². The van der Waals surface area contributed by atoms with Crippen molar-refractivity contribution >= 4 is 17.7 Å². The van der Waals surface area contributed by atoms with Crippen LogP contribution in [0.25, 0.3) is 11.8 Å². The Morgan fingerprint density at radius 3 is 2.38 bits per heavy atom. The van der Waals surface area contributed by atoms with Crippen LogP contribution in [0, 0.1) is 6.92 Å². The summed E-state index contributed by atoms with van der Waals surface area (Å²) >= 11 is 0. The zero-order valence-corrected chi connectivity index (χ0v) is 9.58. The molecule has 3 heteroatoms. The van der Waals surface area contributed by atoms with E-state index in [2.05, 4.69) is 6.58 Å². The Hall–Kier alpha value is -2.03. The van der Waals surface area contributed by atoms with Gasteiger partial charge in [-0.25, -0.2) is 0 Å². The summed E-state index contributed by atoms with van der Waals surface area (Å²) in [5.74, 6) is -0.439. The van der Waals surface area contributed by atoms with Gasteiger partial charge < -0.3 is 11.5 Å². The molecule has 0 bridgehead atoms. The van der Waals surface area contributed by atoms with Crippen molar-refractivity contribution in [3.63, 3.8) is 0 Å². The first-order valence-corrected chi connectivity index (χ1v) is 5.00. The third-order valence-corrected chi connectivity index (χ3v) is 2.50. The Morgan fingerprint density at radius 1 is 1.31 bits per heavy atom. The van der Waals surface area contributed by atoms with Gasteiger partial charge in [0.05, 0.1) is 0 Å². The molecule has 1 rings (SSSR count). The predicted octanol–water partition coefficient (Wildman–Crippen LogP) is 2.06. The first kappa shape index (κ1) is 12.0. The number of primary amides is 1. The first-order chi connectivity index (χ1) is 7.51. The van der Waals surface area contributed by atoms with Crippen LogP contribution in [-0.2, 0) is 0 Å². The van der Waals surface area contributed by atoms with Gasteiger partial charge in [-0.1, -0.05) is 18.7 Å². The maximum atomic E-state index is 11.2. The Bertz CT molecular complexity index is 473. The van der Waals surface area contributed by atoms with E-state index < -0.39 is 5.91 Å². The molecule has 1 aromatic rings. The van der Waals surface area contributed by atoms with Crippen LogP contribution >= 0.6 is 0 Å². The molecule has 0 fully saturated rings. The van der Waals surface area contributed by atoms with Gasteiger partial charge in [0, 0.05) is 16.8 Å². The van der Waals surface area contributed by atoms with Crippen LogP contribution in [0.15, 0.2) is 24.8 Å². The standard InChI is InChI=1S/C13H16N2O/c1-4-9-7-10(13(15)16)8(3)6-11(9)12(14)5-2/h4-7H,1,14H2,2-3H3,(H2,15,16)/b12-5+. The van der Waals surface area contributed by atoms with Gasteiger partial charge in [-0.3, -0.25) is 4.79 Å². The zero-order valence-electron chi connectivity index (χ0n) is 9.58. The summed E-state index contributed by atoms with van der Waals surface area (Å²) in [6.07, 6.45) is 3.48. The highest BCUT2D eigenvalue weighted by molar-refractivity contribution is 5.95. The lowest BCUT2D eigenvalue weighted by atomic mass is 9.97. The maximum absolute atomic E-state index is 11.2. The number of nitrogens with two attached hydrogens (primary N) is 2. The number of amides is 1. The third kappa shape index (κ3) is 2.14. The molecule has 3 nitrogen and oxygen atoms in total. The van der Waals surface area contributed by atoms with Crippen molar-refractivity contribution in [3.05, 3.63) is 47.0 Å². The number of benzene rings is 1. The molecule has 0 spiro atoms. The van der Waals surface area contributed by atoms with Crippen molar-refractivity contribution in [2.45, 2.75) is 13.8 Å². The third-order valence-electron chi connectivity index (χ3n) is 2.50. The lowest BCUT2D eigenvalue weighted by Gasteiger charge is -2.10. The largest absolute Gasteiger partial charge is 0.398 e. The van der Waals surface area contributed by atoms with Gasteiger partial charge in [-0.05, 0) is 37.1 Å². The summed E-state index contributed by atoms with van der Waals surface area (Å²) < 4.78 is 0. The summed E-state index contributed by atoms with van der Waals surface area (Å²) in [6.45, 7) is 7.40. The fourth-order valence-electron chi connectivity index (χ4n) is 1.56. The molecule has 0 heterocycles. The highest BCUT2D eigenvalue weighted by Crippen LogP contribution is 2.21. The molecule has 0 saturated heterocycles. The van der Waals surface area contributed by atoms with Crippen molar-refractivity contribution in [2.24, 2.45) is 11.5 Å². The normalized spacial score (nSPS) is 11.2. The monoisotopic (exact) mass is 216 g/mol. The van der Waals surface area contributed by atoms with Crippen molar-refractivity contribution in [1.29, 1.82) is 0 Å². The molecule has 0 atom stereocenters. The van der Waals surface area contributed by atoms with Crippen LogP contribution in [0.2, 0.25) is 0 Å². The van der Waals surface area contributed by atoms with E-state index in [0.29, 0.717) is 11.3 Å². The Kier molecular flexibility index (Phi) is 3.51. The summed E-state index contributed by atoms with van der Waals surface area (Å²) in [5.41, 5.74) is 14.8. The average molecular weight is 216 g/mol. The topological polar surface area (TPSA) is 69.1 Å². The molecular formula is C13H16N2O. The molecule has 16 heavy (non-hydrogen) atoms. The van der Waals surface area contributed by atoms with Gasteiger partial charge in [0.2, 0.25) is 5.91 Å². The lowest BCUT2D eigenvalue weighted by Crippen LogP contribution is -2.14. The second-order valence-corrected chi connectivity index (χ2v) is 3.57. The molecule has 1 amide bonds. The van der Waals surface area contributed by atoms with Crippen LogP contribution in [0.5, 0.6) is 0 Å². The van der Waals surface area contributed by atoms with Crippen molar-refractivity contribution < 1.29 is 4.79 Å². The van der Waals surface area contributed by atoms with Crippen LogP contribution in [0.4, 0.5) is 0 Å². The minimum atomic E-state index is -0.439. The number of aryl methyl sites for hydroxylation is 1. The molecule has 0 radical (unpaired) electrons. The maximum Gasteiger partial charge on any atom is 0.248 e. The number of hydrogen-bond donors (Lipinski definition) is 2. The van der Waals surface area contributed by atoms with E-state index in [1.807, 2.05) is 26.0 Å². The molecule has 0 saturated carbocycles. The van der Waals surface area contributed by atoms with Gasteiger partial charge in [0.25, 0.3) is 0 Å². The van der Waals surface area contributed by atoms with E-state index in [9.17, 15) is 4.79 Å². The molecule has 0 aliphatic carbocycles. The van der Waals surface area contributed by atoms with E-state index in [1.165, 1.54) is 0 Å². The summed E-state index contributed by atoms with van der Waals surface area (Å²) in [5, 5.41) is 0. The summed E-state index contributed by atoms with van der Waals surface area (Å²) in [7, 11) is 0. The minimum Gasteiger partial charge on any atom is -0.398 e. The number of rotatable bonds is 3. The quantitative estimate of drug-likeness (QED) is 0.812. The second-order valence-electron chi connectivity index (χ2n) is 3.57. The molecule has 4 N–H and O–H groups in total. The predicted molar refractivity (Wildman–Crippen MR) is 67.6 cm³/mol. The fraction of sp³-hybridized carbons (Fsp3) is 0.154. The molecular weight excluding hydrogens is 200 g/mol. The number of hydrogen-bond acceptors (Lipinski definition) is 2. The number of carbonyl (C=O) groups excluding carboxylic acids is 1. The van der Waals surface area contributed by atoms with Crippen molar-refractivity contribution in [2.75, 3.05) is 0 Å². The summed E-state index contributed by atoms with van der Waals surface area (Å²) in [6, 6.07) is 3.57. The fourth-order valence-corrected chi connectivity index (χ4v) is 1.56. The Morgan fingerprint density at radius 2 is 1.94 bits per heavy atom. The molecule has 0 aromatic heterocycles. The number of carbonyl (C=O) groups is 1. The van der Waals surface area contributed by atoms with E-state index in [-0.39, 0.29) is 0 Å². The van der Waals surface area contributed by atoms with Crippen molar-refractivity contribution in [3.8, 4) is 0 Å². The highest BCUT2D eigenvalue weighted by Gasteiger charge is 2.10. The molecule has 84 valence electrons. The van der Waals surface area contributed by atoms with Crippen LogP contribution in [-0.4, -0.2) is 5.91 Å². The molecule has 0 aliphatic heterocycles. The summed E-state index contributed by atoms with van der Waals surface area (Å²) in [4.78, 5) is 11.2. The van der Waals surface area contributed by atoms with E-state index >= 15 is 0 Å². The van der Waals surface area contributed by atoms with Crippen LogP contribution in [0.3, 0.4) is 0 Å². The van der Waals surface area contributed by atoms with E-state index in [0.717, 1.165) is 16.7 Å². The number of allylic oxidation sites excluding steroid dienone is 1. The average Bonchev–Trinajstić information content (AvgIpc) is 2.27. The Balaban J connectivity index is 3.49. The molecule has 0 aliphatic rings. The van der Waals surface area contributed by atoms with Gasteiger partial charge in [-0.2, -0.15) is 0 Å². The van der Waals surface area contributed by atoms with E-state index in [4.69, 9.17) is 11.5 Å². The SMILES string of the molecule is C=Cc1cc(C(N)=O)c(C)cc1/C(N)=C\C. The highest BCUT2D eigenvalue weighted by atomic mass is 16.1. The van der Waals surface area contributed by atoms with Crippen LogP contribution < -0.4 is 11.5 Å². The molecule has 1 aromatic carbocycles. The lowest BCUT2D eigenvalue weighted by molar-refractivity contribution is 0.0999. The minimum absolute atomic E-state index is 0.439.